The largest absolute Gasteiger partial charge is 0.316 e. The molecule has 0 bridgehead atoms. The minimum atomic E-state index is -1.33. The van der Waals surface area contributed by atoms with Crippen LogP contribution < -0.4 is 15.0 Å². The minimum Gasteiger partial charge on any atom is -0.316 e. The van der Waals surface area contributed by atoms with Gasteiger partial charge >= 0.3 is 0 Å². The molecule has 31 heavy (non-hydrogen) atoms. The van der Waals surface area contributed by atoms with Gasteiger partial charge in [0.2, 0.25) is 11.8 Å². The first-order chi connectivity index (χ1) is 13.5. The van der Waals surface area contributed by atoms with Crippen LogP contribution in [0.3, 0.4) is 0 Å². The van der Waals surface area contributed by atoms with Crippen LogP contribution in [0.25, 0.3) is 0 Å². The predicted molar refractivity (Wildman–Crippen MR) is 141 cm³/mol. The summed E-state index contributed by atoms with van der Waals surface area (Å²) in [4.78, 5) is 25.7. The molecule has 0 N–H and O–H groups in total. The molecule has 0 aliphatic heterocycles. The van der Waals surface area contributed by atoms with E-state index in [1.807, 2.05) is 44.3 Å². The molecule has 0 fully saturated rings. The Labute approximate surface area is 192 Å². The van der Waals surface area contributed by atoms with Gasteiger partial charge in [-0.2, -0.15) is 0 Å². The highest BCUT2D eigenvalue weighted by Crippen LogP contribution is 2.17. The van der Waals surface area contributed by atoms with Crippen LogP contribution in [0.5, 0.6) is 0 Å². The average Bonchev–Trinajstić information content (AvgIpc) is 2.67. The molecule has 174 valence electrons. The van der Waals surface area contributed by atoms with E-state index in [-0.39, 0.29) is 26.7 Å². The second-order valence-corrected chi connectivity index (χ2v) is 13.0. The molecule has 2 aromatic rings. The van der Waals surface area contributed by atoms with E-state index in [4.69, 9.17) is 0 Å². The molecule has 0 atom stereocenters. The number of amides is 2. The van der Waals surface area contributed by atoms with Crippen LogP contribution in [0.2, 0.25) is 19.1 Å². The molecule has 2 aromatic carbocycles. The molecular formula is C26H44N2O2Si. The van der Waals surface area contributed by atoms with Gasteiger partial charge in [-0.1, -0.05) is 76.8 Å². The zero-order valence-corrected chi connectivity index (χ0v) is 20.2. The zero-order chi connectivity index (χ0) is 22.2. The van der Waals surface area contributed by atoms with Crippen LogP contribution in [0.15, 0.2) is 48.5 Å². The highest BCUT2D eigenvalue weighted by atomic mass is 28.3. The lowest BCUT2D eigenvalue weighted by Crippen LogP contribution is -2.41. The van der Waals surface area contributed by atoms with Crippen LogP contribution >= 0.6 is 0 Å². The number of hydrogen-bond acceptors (Lipinski definition) is 2. The average molecular weight is 445 g/mol. The smallest absolute Gasteiger partial charge is 0.223 e. The molecule has 0 aliphatic rings. The molecule has 4 nitrogen and oxygen atoms in total. The number of hydrogen-bond donors (Lipinski definition) is 0. The highest BCUT2D eigenvalue weighted by molar-refractivity contribution is 6.89. The van der Waals surface area contributed by atoms with Gasteiger partial charge in [0, 0.05) is 39.3 Å². The van der Waals surface area contributed by atoms with Crippen molar-refractivity contribution in [3.63, 3.8) is 0 Å². The minimum absolute atomic E-state index is 0. The lowest BCUT2D eigenvalue weighted by Gasteiger charge is -2.24. The van der Waals surface area contributed by atoms with Crippen molar-refractivity contribution in [2.45, 2.75) is 68.1 Å². The summed E-state index contributed by atoms with van der Waals surface area (Å²) >= 11 is 0. The Morgan fingerprint density at radius 2 is 1.29 bits per heavy atom. The zero-order valence-electron chi connectivity index (χ0n) is 19.2. The summed E-state index contributed by atoms with van der Waals surface area (Å²) in [5.74, 6) is 0.137. The van der Waals surface area contributed by atoms with Gasteiger partial charge in [-0.25, -0.2) is 0 Å². The van der Waals surface area contributed by atoms with Gasteiger partial charge in [0.25, 0.3) is 0 Å². The quantitative estimate of drug-likeness (QED) is 0.512. The summed E-state index contributed by atoms with van der Waals surface area (Å²) in [6, 6.07) is 17.6. The third kappa shape index (κ3) is 9.51. The number of benzene rings is 2. The normalized spacial score (nSPS) is 9.94. The van der Waals surface area contributed by atoms with E-state index in [1.54, 1.807) is 30.7 Å². The lowest BCUT2D eigenvalue weighted by atomic mass is 10.2. The van der Waals surface area contributed by atoms with Gasteiger partial charge in [0.1, 0.15) is 0 Å². The van der Waals surface area contributed by atoms with Crippen LogP contribution in [0.1, 0.15) is 47.6 Å². The predicted octanol–water partition coefficient (Wildman–Crippen LogP) is 6.24. The van der Waals surface area contributed by atoms with Crippen molar-refractivity contribution in [1.29, 1.82) is 0 Å². The summed E-state index contributed by atoms with van der Waals surface area (Å²) < 4.78 is 0. The topological polar surface area (TPSA) is 40.6 Å². The lowest BCUT2D eigenvalue weighted by molar-refractivity contribution is -0.117. The fourth-order valence-corrected chi connectivity index (χ4v) is 5.73. The van der Waals surface area contributed by atoms with Gasteiger partial charge < -0.3 is 9.80 Å². The van der Waals surface area contributed by atoms with Crippen molar-refractivity contribution in [3.05, 3.63) is 54.1 Å². The van der Waals surface area contributed by atoms with Crippen molar-refractivity contribution in [1.82, 2.24) is 0 Å². The van der Waals surface area contributed by atoms with Crippen LogP contribution in [-0.4, -0.2) is 34.0 Å². The van der Waals surface area contributed by atoms with E-state index < -0.39 is 8.07 Å². The van der Waals surface area contributed by atoms with E-state index >= 15 is 0 Å². The maximum absolute atomic E-state index is 11.4. The molecule has 0 aromatic heterocycles. The number of carbonyl (C=O) groups excluding carboxylic acids is 2. The van der Waals surface area contributed by atoms with Crippen molar-refractivity contribution < 1.29 is 9.59 Å². The third-order valence-corrected chi connectivity index (χ3v) is 8.85. The number of nitrogens with zero attached hydrogens (tertiary/aromatic N) is 2. The van der Waals surface area contributed by atoms with Gasteiger partial charge in [0.15, 0.2) is 0 Å². The van der Waals surface area contributed by atoms with Gasteiger partial charge in [-0.3, -0.25) is 9.59 Å². The van der Waals surface area contributed by atoms with E-state index in [0.717, 1.165) is 11.4 Å². The van der Waals surface area contributed by atoms with Crippen molar-refractivity contribution >= 4 is 36.4 Å². The maximum Gasteiger partial charge on any atom is 0.223 e. The van der Waals surface area contributed by atoms with Gasteiger partial charge in [0.05, 0.1) is 8.07 Å². The molecular weight excluding hydrogens is 400 g/mol. The van der Waals surface area contributed by atoms with Crippen molar-refractivity contribution in [2.75, 3.05) is 23.9 Å². The Morgan fingerprint density at radius 3 is 1.71 bits per heavy atom. The van der Waals surface area contributed by atoms with Crippen molar-refractivity contribution in [3.8, 4) is 0 Å². The Bertz CT molecular complexity index is 834. The number of rotatable bonds is 5. The Hall–Kier alpha value is -2.40. The van der Waals surface area contributed by atoms with Crippen LogP contribution in [0, 0.1) is 6.92 Å². The van der Waals surface area contributed by atoms with Crippen LogP contribution in [0.4, 0.5) is 11.4 Å². The highest BCUT2D eigenvalue weighted by Gasteiger charge is 2.22. The standard InChI is InChI=1S/C14H23NOSi.C10H13NO.2CH4/c1-6-10-17(4,5)14-9-7-8-13(11-14)15(3)12(2)16;1-8-5-4-6-10(7-8)11(3)9(2)12;;/h7-9,11H,6,10H2,1-5H3;4-7H,1-3H3;2*1H4. The first-order valence-electron chi connectivity index (χ1n) is 10.2. The molecule has 0 radical (unpaired) electrons. The first kappa shape index (κ1) is 30.8. The molecule has 5 heteroatoms. The molecule has 0 unspecified atom stereocenters. The molecule has 0 spiro atoms. The van der Waals surface area contributed by atoms with E-state index in [1.165, 1.54) is 23.2 Å². The SMILES string of the molecule is C.C.CC(=O)N(C)c1cccc(C)c1.CCC[Si](C)(C)c1cccc(N(C)C(C)=O)c1. The maximum atomic E-state index is 11.4. The molecule has 0 aliphatic carbocycles. The summed E-state index contributed by atoms with van der Waals surface area (Å²) in [7, 11) is 2.27. The summed E-state index contributed by atoms with van der Waals surface area (Å²) in [6.45, 7) is 12.2. The molecule has 2 amide bonds. The number of aryl methyl sites for hydroxylation is 1. The van der Waals surface area contributed by atoms with E-state index in [9.17, 15) is 9.59 Å². The Balaban J connectivity index is 0. The monoisotopic (exact) mass is 444 g/mol. The number of carbonyl (C=O) groups is 2. The van der Waals surface area contributed by atoms with E-state index in [2.05, 4.69) is 38.2 Å². The third-order valence-electron chi connectivity index (χ3n) is 5.22. The second kappa shape index (κ2) is 13.8. The molecule has 2 rings (SSSR count). The fourth-order valence-electron chi connectivity index (χ4n) is 3.11. The molecule has 0 saturated carbocycles. The van der Waals surface area contributed by atoms with Crippen molar-refractivity contribution in [2.24, 2.45) is 0 Å². The number of anilines is 2. The summed E-state index contributed by atoms with van der Waals surface area (Å²) in [5, 5.41) is 1.44. The first-order valence-corrected chi connectivity index (χ1v) is 13.4. The fraction of sp³-hybridized carbons (Fsp3) is 0.462. The Kier molecular flexibility index (Phi) is 13.7. The second-order valence-electron chi connectivity index (χ2n) is 8.18. The van der Waals surface area contributed by atoms with Gasteiger partial charge in [-0.15, -0.1) is 0 Å². The summed E-state index contributed by atoms with van der Waals surface area (Å²) in [5.41, 5.74) is 3.12. The molecule has 0 heterocycles. The van der Waals surface area contributed by atoms with Gasteiger partial charge in [-0.05, 0) is 36.8 Å². The summed E-state index contributed by atoms with van der Waals surface area (Å²) in [6.07, 6.45) is 1.23. The van der Waals surface area contributed by atoms with E-state index in [0.29, 0.717) is 0 Å². The van der Waals surface area contributed by atoms with Crippen LogP contribution in [-0.2, 0) is 9.59 Å². The Morgan fingerprint density at radius 1 is 0.839 bits per heavy atom. The molecule has 0 saturated heterocycles.